The highest BCUT2D eigenvalue weighted by atomic mass is 19.1. The number of pyridine rings is 1. The first-order chi connectivity index (χ1) is 13.9. The van der Waals surface area contributed by atoms with Crippen molar-refractivity contribution >= 4 is 22.6 Å². The van der Waals surface area contributed by atoms with E-state index in [0.717, 1.165) is 31.8 Å². The quantitative estimate of drug-likeness (QED) is 0.667. The lowest BCUT2D eigenvalue weighted by atomic mass is 9.95. The van der Waals surface area contributed by atoms with E-state index < -0.39 is 17.2 Å². The van der Waals surface area contributed by atoms with Gasteiger partial charge in [-0.25, -0.2) is 9.18 Å². The average Bonchev–Trinajstić information content (AvgIpc) is 2.68. The van der Waals surface area contributed by atoms with E-state index in [9.17, 15) is 14.0 Å². The molecule has 1 aliphatic rings. The molecule has 2 aromatic rings. The third-order valence-corrected chi connectivity index (χ3v) is 5.20. The number of aliphatic carboxylic acids is 1. The molecule has 156 valence electrons. The summed E-state index contributed by atoms with van der Waals surface area (Å²) in [6.07, 6.45) is 9.40. The molecule has 0 spiro atoms. The maximum Gasteiger partial charge on any atom is 0.328 e. The zero-order chi connectivity index (χ0) is 21.0. The third kappa shape index (κ3) is 4.96. The molecule has 0 saturated heterocycles. The number of rotatable bonds is 7. The van der Waals surface area contributed by atoms with Crippen molar-refractivity contribution in [2.75, 3.05) is 11.9 Å². The second-order valence-electron chi connectivity index (χ2n) is 7.70. The molecule has 6 nitrogen and oxygen atoms in total. The van der Waals surface area contributed by atoms with Gasteiger partial charge in [-0.05, 0) is 44.9 Å². The zero-order valence-corrected chi connectivity index (χ0v) is 16.8. The molecule has 29 heavy (non-hydrogen) atoms. The van der Waals surface area contributed by atoms with Crippen LogP contribution < -0.4 is 15.5 Å². The molecule has 3 rings (SSSR count). The summed E-state index contributed by atoms with van der Waals surface area (Å²) in [6, 6.07) is 3.23. The lowest BCUT2D eigenvalue weighted by Gasteiger charge is -2.25. The van der Waals surface area contributed by atoms with Gasteiger partial charge in [0, 0.05) is 18.2 Å². The molecule has 1 aromatic carbocycles. The Balaban J connectivity index is 1.98. The van der Waals surface area contributed by atoms with Gasteiger partial charge in [-0.3, -0.25) is 4.79 Å². The number of nitrogens with zero attached hydrogens (tertiary/aromatic N) is 1. The lowest BCUT2D eigenvalue weighted by molar-refractivity contribution is -0.131. The van der Waals surface area contributed by atoms with Crippen LogP contribution >= 0.6 is 0 Å². The van der Waals surface area contributed by atoms with Crippen molar-refractivity contribution in [3.63, 3.8) is 0 Å². The van der Waals surface area contributed by atoms with Crippen LogP contribution in [0, 0.1) is 5.82 Å². The van der Waals surface area contributed by atoms with Gasteiger partial charge >= 0.3 is 5.97 Å². The fourth-order valence-electron chi connectivity index (χ4n) is 3.74. The number of aromatic nitrogens is 1. The Labute approximate surface area is 169 Å². The standard InChI is InChI=1S/C22H27FN2O4/c1-14(2)25-13-20(29-10-6-9-21(26)27)22(28)16-11-17(23)18(12-19(16)25)24-15-7-4-3-5-8-15/h6,9,11-15,24H,3-5,7-8,10H2,1-2H3,(H,26,27)/b9-6+. The van der Waals surface area contributed by atoms with Gasteiger partial charge in [0.1, 0.15) is 12.4 Å². The number of fused-ring (bicyclic) bond motifs is 1. The SMILES string of the molecule is CC(C)n1cc(OC/C=C/C(=O)O)c(=O)c2cc(F)c(NC3CCCCC3)cc21. The van der Waals surface area contributed by atoms with Gasteiger partial charge in [0.05, 0.1) is 22.8 Å². The summed E-state index contributed by atoms with van der Waals surface area (Å²) in [6.45, 7) is 3.88. The lowest BCUT2D eigenvalue weighted by Crippen LogP contribution is -2.23. The van der Waals surface area contributed by atoms with Crippen molar-refractivity contribution in [2.45, 2.75) is 58.0 Å². The molecule has 1 saturated carbocycles. The van der Waals surface area contributed by atoms with E-state index >= 15 is 0 Å². The maximum atomic E-state index is 14.8. The minimum atomic E-state index is -1.09. The van der Waals surface area contributed by atoms with E-state index in [1.54, 1.807) is 12.3 Å². The third-order valence-electron chi connectivity index (χ3n) is 5.20. The van der Waals surface area contributed by atoms with Gasteiger partial charge in [0.15, 0.2) is 5.75 Å². The molecular formula is C22H27FN2O4. The number of halogens is 1. The van der Waals surface area contributed by atoms with Crippen LogP contribution in [0.1, 0.15) is 52.0 Å². The average molecular weight is 402 g/mol. The summed E-state index contributed by atoms with van der Waals surface area (Å²) in [5, 5.41) is 12.2. The molecule has 0 amide bonds. The van der Waals surface area contributed by atoms with Crippen LogP contribution in [0.2, 0.25) is 0 Å². The largest absolute Gasteiger partial charge is 0.484 e. The molecular weight excluding hydrogens is 375 g/mol. The predicted molar refractivity (Wildman–Crippen MR) is 111 cm³/mol. The van der Waals surface area contributed by atoms with Crippen LogP contribution in [0.3, 0.4) is 0 Å². The fraction of sp³-hybridized carbons (Fsp3) is 0.455. The smallest absolute Gasteiger partial charge is 0.328 e. The molecule has 2 N–H and O–H groups in total. The number of hydrogen-bond acceptors (Lipinski definition) is 4. The van der Waals surface area contributed by atoms with Crippen molar-refractivity contribution in [3.05, 3.63) is 46.5 Å². The molecule has 1 aromatic heterocycles. The summed E-state index contributed by atoms with van der Waals surface area (Å²) >= 11 is 0. The van der Waals surface area contributed by atoms with Gasteiger partial charge in [-0.1, -0.05) is 19.3 Å². The highest BCUT2D eigenvalue weighted by molar-refractivity contribution is 5.84. The highest BCUT2D eigenvalue weighted by Crippen LogP contribution is 2.28. The van der Waals surface area contributed by atoms with Crippen LogP contribution in [0.5, 0.6) is 5.75 Å². The first kappa shape index (κ1) is 20.9. The van der Waals surface area contributed by atoms with Gasteiger partial charge in [0.2, 0.25) is 5.43 Å². The highest BCUT2D eigenvalue weighted by Gasteiger charge is 2.18. The number of carboxylic acids is 1. The number of benzene rings is 1. The van der Waals surface area contributed by atoms with E-state index in [-0.39, 0.29) is 29.8 Å². The summed E-state index contributed by atoms with van der Waals surface area (Å²) in [7, 11) is 0. The Kier molecular flexibility index (Phi) is 6.56. The van der Waals surface area contributed by atoms with Crippen LogP contribution in [-0.2, 0) is 4.79 Å². The number of carbonyl (C=O) groups is 1. The Bertz CT molecular complexity index is 975. The van der Waals surface area contributed by atoms with E-state index in [2.05, 4.69) is 5.32 Å². The van der Waals surface area contributed by atoms with Gasteiger partial charge < -0.3 is 19.7 Å². The van der Waals surface area contributed by atoms with Crippen LogP contribution in [0.25, 0.3) is 10.9 Å². The topological polar surface area (TPSA) is 80.6 Å². The Hall–Kier alpha value is -2.83. The maximum absolute atomic E-state index is 14.8. The van der Waals surface area contributed by atoms with Crippen LogP contribution in [-0.4, -0.2) is 28.3 Å². The summed E-state index contributed by atoms with van der Waals surface area (Å²) in [4.78, 5) is 23.4. The summed E-state index contributed by atoms with van der Waals surface area (Å²) in [5.41, 5.74) is 0.637. The van der Waals surface area contributed by atoms with Gasteiger partial charge in [-0.2, -0.15) is 0 Å². The minimum absolute atomic E-state index is 0.0167. The molecule has 0 aliphatic heterocycles. The molecule has 0 unspecified atom stereocenters. The van der Waals surface area contributed by atoms with Gasteiger partial charge in [0.25, 0.3) is 0 Å². The molecule has 1 fully saturated rings. The number of nitrogens with one attached hydrogen (secondary N) is 1. The van der Waals surface area contributed by atoms with Gasteiger partial charge in [-0.15, -0.1) is 0 Å². The molecule has 0 atom stereocenters. The van der Waals surface area contributed by atoms with Crippen molar-refractivity contribution < 1.29 is 19.0 Å². The summed E-state index contributed by atoms with van der Waals surface area (Å²) in [5.74, 6) is -1.49. The molecule has 1 heterocycles. The number of ether oxygens (including phenoxy) is 1. The molecule has 7 heteroatoms. The number of carboxylic acid groups (broad SMARTS) is 1. The van der Waals surface area contributed by atoms with Crippen molar-refractivity contribution in [2.24, 2.45) is 0 Å². The Morgan fingerprint density at radius 2 is 2.07 bits per heavy atom. The van der Waals surface area contributed by atoms with Crippen molar-refractivity contribution in [1.82, 2.24) is 4.57 Å². The molecule has 0 bridgehead atoms. The Morgan fingerprint density at radius 1 is 1.34 bits per heavy atom. The molecule has 0 radical (unpaired) electrons. The van der Waals surface area contributed by atoms with Crippen molar-refractivity contribution in [3.8, 4) is 5.75 Å². The number of hydrogen-bond donors (Lipinski definition) is 2. The first-order valence-electron chi connectivity index (χ1n) is 10.0. The monoisotopic (exact) mass is 402 g/mol. The van der Waals surface area contributed by atoms with E-state index in [1.165, 1.54) is 18.6 Å². The van der Waals surface area contributed by atoms with E-state index in [4.69, 9.17) is 9.84 Å². The van der Waals surface area contributed by atoms with Crippen LogP contribution in [0.4, 0.5) is 10.1 Å². The van der Waals surface area contributed by atoms with Crippen molar-refractivity contribution in [1.29, 1.82) is 0 Å². The minimum Gasteiger partial charge on any atom is -0.484 e. The van der Waals surface area contributed by atoms with E-state index in [0.29, 0.717) is 11.2 Å². The second kappa shape index (κ2) is 9.11. The molecule has 1 aliphatic carbocycles. The fourth-order valence-corrected chi connectivity index (χ4v) is 3.74. The van der Waals surface area contributed by atoms with Crippen LogP contribution in [0.15, 0.2) is 35.3 Å². The second-order valence-corrected chi connectivity index (χ2v) is 7.70. The first-order valence-corrected chi connectivity index (χ1v) is 10.0. The van der Waals surface area contributed by atoms with E-state index in [1.807, 2.05) is 18.4 Å². The number of anilines is 1. The Morgan fingerprint density at radius 3 is 2.72 bits per heavy atom. The zero-order valence-electron chi connectivity index (χ0n) is 16.8. The predicted octanol–water partition coefficient (Wildman–Crippen LogP) is 4.49. The normalized spacial score (nSPS) is 15.3. The summed E-state index contributed by atoms with van der Waals surface area (Å²) < 4.78 is 22.1.